The first-order valence-electron chi connectivity index (χ1n) is 4.38. The van der Waals surface area contributed by atoms with Crippen molar-refractivity contribution in [1.82, 2.24) is 0 Å². The molecule has 1 aromatic rings. The average Bonchev–Trinajstić information content (AvgIpc) is 2.09. The molecule has 0 unspecified atom stereocenters. The highest BCUT2D eigenvalue weighted by molar-refractivity contribution is 6.32. The lowest BCUT2D eigenvalue weighted by Crippen LogP contribution is -2.05. The van der Waals surface area contributed by atoms with Gasteiger partial charge in [0.15, 0.2) is 0 Å². The molecule has 1 aromatic carbocycles. The lowest BCUT2D eigenvalue weighted by atomic mass is 10.2. The molecule has 0 aromatic heterocycles. The van der Waals surface area contributed by atoms with Gasteiger partial charge in [-0.3, -0.25) is 0 Å². The van der Waals surface area contributed by atoms with Gasteiger partial charge in [-0.1, -0.05) is 25.4 Å². The van der Waals surface area contributed by atoms with E-state index in [-0.39, 0.29) is 10.7 Å². The molecule has 78 valence electrons. The van der Waals surface area contributed by atoms with Crippen LogP contribution in [0.1, 0.15) is 13.8 Å². The van der Waals surface area contributed by atoms with Crippen LogP contribution >= 0.6 is 11.6 Å². The molecule has 0 atom stereocenters. The second kappa shape index (κ2) is 4.51. The number of rotatable bonds is 3. The smallest absolute Gasteiger partial charge is 0.147 e. The zero-order valence-corrected chi connectivity index (χ0v) is 8.94. The zero-order chi connectivity index (χ0) is 10.7. The number of hydrogen-bond acceptors (Lipinski definition) is 2. The van der Waals surface area contributed by atoms with Crippen LogP contribution in [0.25, 0.3) is 0 Å². The van der Waals surface area contributed by atoms with E-state index in [0.717, 1.165) is 6.07 Å². The van der Waals surface area contributed by atoms with E-state index >= 15 is 0 Å². The topological polar surface area (TPSA) is 35.2 Å². The fourth-order valence-electron chi connectivity index (χ4n) is 0.912. The Morgan fingerprint density at radius 2 is 2.14 bits per heavy atom. The van der Waals surface area contributed by atoms with Gasteiger partial charge in [0.1, 0.15) is 11.6 Å². The predicted molar refractivity (Wildman–Crippen MR) is 56.2 cm³/mol. The maximum Gasteiger partial charge on any atom is 0.147 e. The van der Waals surface area contributed by atoms with Gasteiger partial charge in [-0.25, -0.2) is 4.39 Å². The largest absolute Gasteiger partial charge is 0.492 e. The van der Waals surface area contributed by atoms with Crippen LogP contribution < -0.4 is 10.5 Å². The van der Waals surface area contributed by atoms with Gasteiger partial charge in [0.05, 0.1) is 17.3 Å². The molecule has 0 fully saturated rings. The summed E-state index contributed by atoms with van der Waals surface area (Å²) in [5.41, 5.74) is 5.43. The third kappa shape index (κ3) is 2.77. The second-order valence-corrected chi connectivity index (χ2v) is 3.92. The van der Waals surface area contributed by atoms with Crippen molar-refractivity contribution < 1.29 is 9.13 Å². The SMILES string of the molecule is CC(C)COc1cc(N)c(F)cc1Cl. The molecule has 0 saturated carbocycles. The minimum absolute atomic E-state index is 0.0492. The lowest BCUT2D eigenvalue weighted by Gasteiger charge is -2.10. The average molecular weight is 218 g/mol. The van der Waals surface area contributed by atoms with Gasteiger partial charge in [-0.15, -0.1) is 0 Å². The van der Waals surface area contributed by atoms with Crippen LogP contribution in [0.2, 0.25) is 5.02 Å². The number of anilines is 1. The Labute approximate surface area is 87.8 Å². The first kappa shape index (κ1) is 11.1. The summed E-state index contributed by atoms with van der Waals surface area (Å²) >= 11 is 5.76. The van der Waals surface area contributed by atoms with Crippen LogP contribution in [-0.4, -0.2) is 6.61 Å². The highest BCUT2D eigenvalue weighted by Crippen LogP contribution is 2.29. The minimum atomic E-state index is -0.521. The van der Waals surface area contributed by atoms with E-state index in [1.165, 1.54) is 6.07 Å². The highest BCUT2D eigenvalue weighted by atomic mass is 35.5. The molecule has 0 heterocycles. The summed E-state index contributed by atoms with van der Waals surface area (Å²) < 4.78 is 18.2. The van der Waals surface area contributed by atoms with Crippen molar-refractivity contribution in [3.63, 3.8) is 0 Å². The van der Waals surface area contributed by atoms with Crippen LogP contribution in [0.3, 0.4) is 0 Å². The highest BCUT2D eigenvalue weighted by Gasteiger charge is 2.07. The maximum atomic E-state index is 12.9. The van der Waals surface area contributed by atoms with Crippen molar-refractivity contribution in [2.24, 2.45) is 5.92 Å². The van der Waals surface area contributed by atoms with Gasteiger partial charge < -0.3 is 10.5 Å². The maximum absolute atomic E-state index is 12.9. The molecule has 1 rings (SSSR count). The van der Waals surface area contributed by atoms with E-state index in [2.05, 4.69) is 0 Å². The van der Waals surface area contributed by atoms with Crippen molar-refractivity contribution in [1.29, 1.82) is 0 Å². The van der Waals surface area contributed by atoms with E-state index in [4.69, 9.17) is 22.1 Å². The molecule has 0 aliphatic heterocycles. The monoisotopic (exact) mass is 217 g/mol. The van der Waals surface area contributed by atoms with E-state index in [9.17, 15) is 4.39 Å². The molecule has 14 heavy (non-hydrogen) atoms. The normalized spacial score (nSPS) is 10.6. The number of benzene rings is 1. The molecule has 2 N–H and O–H groups in total. The fourth-order valence-corrected chi connectivity index (χ4v) is 1.12. The number of nitrogens with two attached hydrogens (primary N) is 1. The summed E-state index contributed by atoms with van der Waals surface area (Å²) in [6.45, 7) is 4.56. The molecule has 0 amide bonds. The van der Waals surface area contributed by atoms with Crippen LogP contribution in [0.5, 0.6) is 5.75 Å². The number of ether oxygens (including phenoxy) is 1. The van der Waals surface area contributed by atoms with Gasteiger partial charge in [-0.05, 0) is 12.0 Å². The summed E-state index contributed by atoms with van der Waals surface area (Å²) in [5.74, 6) is 0.295. The molecule has 0 aliphatic rings. The second-order valence-electron chi connectivity index (χ2n) is 3.51. The van der Waals surface area contributed by atoms with Gasteiger partial charge in [0.25, 0.3) is 0 Å². The quantitative estimate of drug-likeness (QED) is 0.790. The molecular formula is C10H13ClFNO. The Kier molecular flexibility index (Phi) is 3.58. The summed E-state index contributed by atoms with van der Waals surface area (Å²) in [6.07, 6.45) is 0. The van der Waals surface area contributed by atoms with Crippen LogP contribution in [0.4, 0.5) is 10.1 Å². The first-order chi connectivity index (χ1) is 6.50. The number of hydrogen-bond donors (Lipinski definition) is 1. The predicted octanol–water partition coefficient (Wildman–Crippen LogP) is 3.10. The van der Waals surface area contributed by atoms with E-state index in [0.29, 0.717) is 18.3 Å². The summed E-state index contributed by atoms with van der Waals surface area (Å²) in [4.78, 5) is 0. The fraction of sp³-hybridized carbons (Fsp3) is 0.400. The van der Waals surface area contributed by atoms with E-state index < -0.39 is 5.82 Å². The number of halogens is 2. The summed E-state index contributed by atoms with van der Waals surface area (Å²) in [6, 6.07) is 2.56. The molecule has 0 radical (unpaired) electrons. The van der Waals surface area contributed by atoms with Crippen molar-refractivity contribution >= 4 is 17.3 Å². The first-order valence-corrected chi connectivity index (χ1v) is 4.76. The minimum Gasteiger partial charge on any atom is -0.492 e. The summed E-state index contributed by atoms with van der Waals surface area (Å²) in [5, 5.41) is 0.248. The Bertz CT molecular complexity index is 328. The van der Waals surface area contributed by atoms with Crippen LogP contribution in [-0.2, 0) is 0 Å². The van der Waals surface area contributed by atoms with Gasteiger partial charge >= 0.3 is 0 Å². The standard InChI is InChI=1S/C10H13ClFNO/c1-6(2)5-14-10-4-9(13)8(12)3-7(10)11/h3-4,6H,5,13H2,1-2H3. The third-order valence-electron chi connectivity index (χ3n) is 1.62. The van der Waals surface area contributed by atoms with Gasteiger partial charge in [-0.2, -0.15) is 0 Å². The van der Waals surface area contributed by atoms with Crippen LogP contribution in [0, 0.1) is 11.7 Å². The molecule has 0 bridgehead atoms. The van der Waals surface area contributed by atoms with Crippen molar-refractivity contribution in [2.45, 2.75) is 13.8 Å². The molecule has 4 heteroatoms. The number of nitrogen functional groups attached to an aromatic ring is 1. The molecule has 0 spiro atoms. The molecule has 0 aliphatic carbocycles. The molecular weight excluding hydrogens is 205 g/mol. The third-order valence-corrected chi connectivity index (χ3v) is 1.92. The van der Waals surface area contributed by atoms with Crippen molar-refractivity contribution in [2.75, 3.05) is 12.3 Å². The molecule has 2 nitrogen and oxygen atoms in total. The van der Waals surface area contributed by atoms with Crippen molar-refractivity contribution in [3.05, 3.63) is 23.0 Å². The van der Waals surface area contributed by atoms with Crippen molar-refractivity contribution in [3.8, 4) is 5.75 Å². The van der Waals surface area contributed by atoms with Gasteiger partial charge in [0.2, 0.25) is 0 Å². The van der Waals surface area contributed by atoms with Crippen LogP contribution in [0.15, 0.2) is 12.1 Å². The summed E-state index contributed by atoms with van der Waals surface area (Å²) in [7, 11) is 0. The van der Waals surface area contributed by atoms with Gasteiger partial charge in [0, 0.05) is 6.07 Å². The Balaban J connectivity index is 2.82. The Hall–Kier alpha value is -0.960. The van der Waals surface area contributed by atoms with E-state index in [1.54, 1.807) is 0 Å². The Morgan fingerprint density at radius 3 is 2.71 bits per heavy atom. The lowest BCUT2D eigenvalue weighted by molar-refractivity contribution is 0.271. The van der Waals surface area contributed by atoms with E-state index in [1.807, 2.05) is 13.8 Å². The Morgan fingerprint density at radius 1 is 1.50 bits per heavy atom. The zero-order valence-electron chi connectivity index (χ0n) is 8.18. The molecule has 0 saturated heterocycles.